The lowest BCUT2D eigenvalue weighted by Gasteiger charge is -2.34. The van der Waals surface area contributed by atoms with Crippen molar-refractivity contribution in [3.63, 3.8) is 0 Å². The summed E-state index contributed by atoms with van der Waals surface area (Å²) < 4.78 is 6.32. The molecule has 37 heavy (non-hydrogen) atoms. The predicted octanol–water partition coefficient (Wildman–Crippen LogP) is 4.69. The van der Waals surface area contributed by atoms with E-state index in [-0.39, 0.29) is 11.3 Å². The lowest BCUT2D eigenvalue weighted by atomic mass is 9.87. The highest BCUT2D eigenvalue weighted by Crippen LogP contribution is 2.33. The fraction of sp³-hybridized carbons (Fsp3) is 0.467. The van der Waals surface area contributed by atoms with E-state index in [2.05, 4.69) is 56.8 Å². The molecule has 0 atom stereocenters. The molecule has 7 heteroatoms. The van der Waals surface area contributed by atoms with Crippen molar-refractivity contribution in [3.05, 3.63) is 59.8 Å². The van der Waals surface area contributed by atoms with Crippen LogP contribution in [0.1, 0.15) is 36.8 Å². The third-order valence-electron chi connectivity index (χ3n) is 7.00. The number of carbonyl (C=O) groups excluding carboxylic acids is 1. The average Bonchev–Trinajstić information content (AvgIpc) is 3.32. The summed E-state index contributed by atoms with van der Waals surface area (Å²) in [6.45, 7) is 11.7. The van der Waals surface area contributed by atoms with E-state index in [1.165, 1.54) is 5.56 Å². The molecule has 0 aliphatic carbocycles. The van der Waals surface area contributed by atoms with Gasteiger partial charge in [0, 0.05) is 70.2 Å². The standard InChI is InChI=1S/C30H41N5O2/c1-30(2,3)24-12-8-23(9-13-24)28-31-26(27(37-28)22-10-14-25(15-11-22)33(6)7)29(36)35-20-18-34(19-21-35)17-16-32(4)5/h8-15H,16-21H2,1-7H3. The average molecular weight is 504 g/mol. The molecule has 1 aromatic heterocycles. The number of nitrogens with zero attached hydrogens (tertiary/aromatic N) is 5. The first-order valence-corrected chi connectivity index (χ1v) is 13.1. The fourth-order valence-electron chi connectivity index (χ4n) is 4.47. The number of anilines is 1. The second kappa shape index (κ2) is 11.1. The van der Waals surface area contributed by atoms with E-state index >= 15 is 0 Å². The number of hydrogen-bond acceptors (Lipinski definition) is 6. The van der Waals surface area contributed by atoms with Crippen molar-refractivity contribution in [1.29, 1.82) is 0 Å². The van der Waals surface area contributed by atoms with Crippen molar-refractivity contribution in [3.8, 4) is 22.8 Å². The molecular weight excluding hydrogens is 462 g/mol. The van der Waals surface area contributed by atoms with Crippen molar-refractivity contribution >= 4 is 11.6 Å². The van der Waals surface area contributed by atoms with Crippen LogP contribution in [0.5, 0.6) is 0 Å². The second-order valence-electron chi connectivity index (χ2n) is 11.4. The van der Waals surface area contributed by atoms with Gasteiger partial charge in [0.05, 0.1) is 0 Å². The normalized spacial score (nSPS) is 14.9. The predicted molar refractivity (Wildman–Crippen MR) is 151 cm³/mol. The molecule has 1 amide bonds. The lowest BCUT2D eigenvalue weighted by Crippen LogP contribution is -2.50. The minimum atomic E-state index is -0.0692. The van der Waals surface area contributed by atoms with Gasteiger partial charge < -0.3 is 19.1 Å². The zero-order valence-corrected chi connectivity index (χ0v) is 23.4. The molecule has 0 spiro atoms. The maximum absolute atomic E-state index is 13.7. The Balaban J connectivity index is 1.63. The number of carbonyl (C=O) groups is 1. The van der Waals surface area contributed by atoms with Gasteiger partial charge >= 0.3 is 0 Å². The Morgan fingerprint density at radius 3 is 2.03 bits per heavy atom. The fourth-order valence-corrected chi connectivity index (χ4v) is 4.47. The summed E-state index contributed by atoms with van der Waals surface area (Å²) >= 11 is 0. The van der Waals surface area contributed by atoms with Gasteiger partial charge in [0.2, 0.25) is 5.89 Å². The second-order valence-corrected chi connectivity index (χ2v) is 11.4. The Hall–Kier alpha value is -3.16. The molecule has 1 aliphatic heterocycles. The lowest BCUT2D eigenvalue weighted by molar-refractivity contribution is 0.0625. The molecule has 0 unspecified atom stereocenters. The van der Waals surface area contributed by atoms with E-state index in [1.807, 2.05) is 60.3 Å². The summed E-state index contributed by atoms with van der Waals surface area (Å²) in [5.41, 5.74) is 4.49. The van der Waals surface area contributed by atoms with Gasteiger partial charge in [-0.25, -0.2) is 4.98 Å². The third kappa shape index (κ3) is 6.40. The van der Waals surface area contributed by atoms with Crippen LogP contribution >= 0.6 is 0 Å². The van der Waals surface area contributed by atoms with E-state index < -0.39 is 0 Å². The van der Waals surface area contributed by atoms with E-state index in [1.54, 1.807) is 0 Å². The van der Waals surface area contributed by atoms with Crippen molar-refractivity contribution in [2.45, 2.75) is 26.2 Å². The Morgan fingerprint density at radius 1 is 0.892 bits per heavy atom. The molecule has 1 aliphatic rings. The minimum Gasteiger partial charge on any atom is -0.435 e. The number of oxazole rings is 1. The molecule has 1 fully saturated rings. The first-order valence-electron chi connectivity index (χ1n) is 13.1. The number of likely N-dealkylation sites (N-methyl/N-ethyl adjacent to an activating group) is 1. The first kappa shape index (κ1) is 26.9. The van der Waals surface area contributed by atoms with Crippen molar-refractivity contribution in [1.82, 2.24) is 19.7 Å². The molecule has 198 valence electrons. The summed E-state index contributed by atoms with van der Waals surface area (Å²) in [7, 11) is 8.20. The number of aromatic nitrogens is 1. The van der Waals surface area contributed by atoms with Crippen LogP contribution in [0.2, 0.25) is 0 Å². The summed E-state index contributed by atoms with van der Waals surface area (Å²) in [5, 5.41) is 0. The molecule has 7 nitrogen and oxygen atoms in total. The third-order valence-corrected chi connectivity index (χ3v) is 7.00. The molecule has 2 aromatic carbocycles. The summed E-state index contributed by atoms with van der Waals surface area (Å²) in [6.07, 6.45) is 0. The van der Waals surface area contributed by atoms with Crippen LogP contribution in [-0.2, 0) is 5.41 Å². The SMILES string of the molecule is CN(C)CCN1CCN(C(=O)c2nc(-c3ccc(C(C)(C)C)cc3)oc2-c2ccc(N(C)C)cc2)CC1. The molecule has 0 saturated carbocycles. The van der Waals surface area contributed by atoms with Gasteiger partial charge in [-0.1, -0.05) is 32.9 Å². The van der Waals surface area contributed by atoms with Crippen molar-refractivity contribution < 1.29 is 9.21 Å². The maximum atomic E-state index is 13.7. The van der Waals surface area contributed by atoms with Crippen LogP contribution in [0, 0.1) is 0 Å². The number of hydrogen-bond donors (Lipinski definition) is 0. The summed E-state index contributed by atoms with van der Waals surface area (Å²) in [5.74, 6) is 0.931. The van der Waals surface area contributed by atoms with Crippen LogP contribution in [0.4, 0.5) is 5.69 Å². The monoisotopic (exact) mass is 503 g/mol. The van der Waals surface area contributed by atoms with Crippen LogP contribution in [0.25, 0.3) is 22.8 Å². The van der Waals surface area contributed by atoms with Crippen LogP contribution in [-0.4, -0.2) is 93.1 Å². The van der Waals surface area contributed by atoms with Crippen molar-refractivity contribution in [2.24, 2.45) is 0 Å². The highest BCUT2D eigenvalue weighted by molar-refractivity contribution is 5.98. The smallest absolute Gasteiger partial charge is 0.276 e. The van der Waals surface area contributed by atoms with Gasteiger partial charge in [-0.15, -0.1) is 0 Å². The Bertz CT molecular complexity index is 1180. The zero-order chi connectivity index (χ0) is 26.7. The quantitative estimate of drug-likeness (QED) is 0.466. The molecule has 1 saturated heterocycles. The van der Waals surface area contributed by atoms with Crippen LogP contribution in [0.15, 0.2) is 52.9 Å². The van der Waals surface area contributed by atoms with Gasteiger partial charge in [-0.05, 0) is 61.5 Å². The topological polar surface area (TPSA) is 56.1 Å². The largest absolute Gasteiger partial charge is 0.435 e. The summed E-state index contributed by atoms with van der Waals surface area (Å²) in [6, 6.07) is 16.3. The van der Waals surface area contributed by atoms with Crippen molar-refractivity contribution in [2.75, 3.05) is 72.4 Å². The Kier molecular flexibility index (Phi) is 8.05. The van der Waals surface area contributed by atoms with E-state index in [9.17, 15) is 4.79 Å². The highest BCUT2D eigenvalue weighted by atomic mass is 16.4. The van der Waals surface area contributed by atoms with E-state index in [0.29, 0.717) is 30.4 Å². The van der Waals surface area contributed by atoms with Gasteiger partial charge in [-0.3, -0.25) is 9.69 Å². The molecule has 4 rings (SSSR count). The van der Waals surface area contributed by atoms with Gasteiger partial charge in [0.25, 0.3) is 5.91 Å². The molecule has 0 N–H and O–H groups in total. The highest BCUT2D eigenvalue weighted by Gasteiger charge is 2.29. The molecule has 3 aromatic rings. The Labute approximate surface area is 221 Å². The minimum absolute atomic E-state index is 0.0598. The maximum Gasteiger partial charge on any atom is 0.276 e. The first-order chi connectivity index (χ1) is 17.5. The van der Waals surface area contributed by atoms with Gasteiger partial charge in [-0.2, -0.15) is 0 Å². The number of benzene rings is 2. The zero-order valence-electron chi connectivity index (χ0n) is 23.4. The summed E-state index contributed by atoms with van der Waals surface area (Å²) in [4.78, 5) is 27.1. The number of amides is 1. The Morgan fingerprint density at radius 2 is 1.49 bits per heavy atom. The van der Waals surface area contributed by atoms with Gasteiger partial charge in [0.1, 0.15) is 0 Å². The number of piperazine rings is 1. The van der Waals surface area contributed by atoms with Gasteiger partial charge in [0.15, 0.2) is 11.5 Å². The van der Waals surface area contributed by atoms with E-state index in [4.69, 9.17) is 9.40 Å². The van der Waals surface area contributed by atoms with Crippen LogP contribution < -0.4 is 4.90 Å². The van der Waals surface area contributed by atoms with E-state index in [0.717, 1.165) is 43.0 Å². The molecule has 0 radical (unpaired) electrons. The van der Waals surface area contributed by atoms with Crippen LogP contribution in [0.3, 0.4) is 0 Å². The molecule has 0 bridgehead atoms. The number of rotatable bonds is 7. The molecule has 2 heterocycles. The molecular formula is C30H41N5O2.